The van der Waals surface area contributed by atoms with Gasteiger partial charge in [0.05, 0.1) is 17.5 Å². The summed E-state index contributed by atoms with van der Waals surface area (Å²) in [6.45, 7) is 5.80. The maximum absolute atomic E-state index is 12.0. The quantitative estimate of drug-likeness (QED) is 0.817. The number of amides is 1. The summed E-state index contributed by atoms with van der Waals surface area (Å²) in [5.41, 5.74) is 3.15. The molecule has 0 saturated carbocycles. The van der Waals surface area contributed by atoms with Gasteiger partial charge in [-0.2, -0.15) is 4.99 Å². The number of amidine groups is 1. The number of carbonyl (C=O) groups excluding carboxylic acids is 1. The molecule has 2 heterocycles. The number of hydrogen-bond donors (Lipinski definition) is 0. The Labute approximate surface area is 141 Å². The van der Waals surface area contributed by atoms with Crippen LogP contribution in [0.25, 0.3) is 0 Å². The van der Waals surface area contributed by atoms with E-state index in [4.69, 9.17) is 0 Å². The first-order valence-electron chi connectivity index (χ1n) is 7.66. The minimum absolute atomic E-state index is 0.0518. The zero-order valence-electron chi connectivity index (χ0n) is 13.4. The maximum Gasteiger partial charge on any atom is 0.247 e. The van der Waals surface area contributed by atoms with E-state index in [1.165, 1.54) is 11.8 Å². The van der Waals surface area contributed by atoms with Gasteiger partial charge in [-0.15, -0.1) is 0 Å². The van der Waals surface area contributed by atoms with Gasteiger partial charge in [0.2, 0.25) is 5.91 Å². The second kappa shape index (κ2) is 5.94. The van der Waals surface area contributed by atoms with E-state index >= 15 is 0 Å². The normalized spacial score (nSPS) is 27.4. The Balaban J connectivity index is 2.06. The van der Waals surface area contributed by atoms with Crippen molar-refractivity contribution in [2.24, 2.45) is 4.99 Å². The van der Waals surface area contributed by atoms with E-state index in [0.717, 1.165) is 16.8 Å². The largest absolute Gasteiger partial charge is 0.315 e. The molecule has 0 aliphatic carbocycles. The predicted octanol–water partition coefficient (Wildman–Crippen LogP) is 2.31. The van der Waals surface area contributed by atoms with Crippen LogP contribution in [0.4, 0.5) is 5.69 Å². The van der Waals surface area contributed by atoms with Gasteiger partial charge in [0.1, 0.15) is 0 Å². The fourth-order valence-corrected chi connectivity index (χ4v) is 7.03. The molecular formula is C16H20N2O3S2. The third-order valence-corrected chi connectivity index (χ3v) is 7.41. The van der Waals surface area contributed by atoms with Gasteiger partial charge in [0.25, 0.3) is 0 Å². The number of carbonyl (C=O) groups is 1. The second-order valence-corrected chi connectivity index (χ2v) is 9.46. The van der Waals surface area contributed by atoms with Crippen LogP contribution in [0, 0.1) is 13.8 Å². The molecule has 0 aromatic heterocycles. The number of anilines is 1. The van der Waals surface area contributed by atoms with Crippen molar-refractivity contribution < 1.29 is 13.2 Å². The molecule has 0 bridgehead atoms. The number of nitrogens with zero attached hydrogens (tertiary/aromatic N) is 2. The van der Waals surface area contributed by atoms with Crippen LogP contribution in [-0.4, -0.2) is 42.3 Å². The molecule has 0 radical (unpaired) electrons. The molecule has 23 heavy (non-hydrogen) atoms. The third-order valence-electron chi connectivity index (χ3n) is 4.20. The molecule has 1 amide bonds. The van der Waals surface area contributed by atoms with E-state index in [2.05, 4.69) is 11.1 Å². The molecule has 3 rings (SSSR count). The molecule has 1 aromatic rings. The van der Waals surface area contributed by atoms with Crippen molar-refractivity contribution >= 4 is 38.4 Å². The maximum atomic E-state index is 12.0. The van der Waals surface area contributed by atoms with Crippen LogP contribution in [0.1, 0.15) is 24.5 Å². The summed E-state index contributed by atoms with van der Waals surface area (Å²) in [5.74, 6) is 0.102. The molecule has 0 unspecified atom stereocenters. The summed E-state index contributed by atoms with van der Waals surface area (Å²) in [6, 6.07) is 5.92. The topological polar surface area (TPSA) is 66.8 Å². The lowest BCUT2D eigenvalue weighted by molar-refractivity contribution is -0.117. The number of aliphatic imine (C=N–C) groups is 1. The van der Waals surface area contributed by atoms with Crippen LogP contribution in [0.2, 0.25) is 0 Å². The lowest BCUT2D eigenvalue weighted by Crippen LogP contribution is -2.38. The Morgan fingerprint density at radius 3 is 2.74 bits per heavy atom. The summed E-state index contributed by atoms with van der Waals surface area (Å²) >= 11 is 1.42. The third kappa shape index (κ3) is 3.17. The average Bonchev–Trinajstić information content (AvgIpc) is 2.91. The number of fused-ring (bicyclic) bond motifs is 1. The van der Waals surface area contributed by atoms with Crippen molar-refractivity contribution in [1.29, 1.82) is 0 Å². The lowest BCUT2D eigenvalue weighted by atomic mass is 10.1. The van der Waals surface area contributed by atoms with Crippen LogP contribution in [-0.2, 0) is 14.6 Å². The molecular weight excluding hydrogens is 332 g/mol. The molecule has 124 valence electrons. The molecule has 2 fully saturated rings. The smallest absolute Gasteiger partial charge is 0.247 e. The SMILES string of the molecule is CCC(=O)N=C1S[C@H]2CS(=O)(=O)C[C@H]2N1c1ccc(C)cc1C. The molecule has 1 aromatic carbocycles. The number of rotatable bonds is 2. The summed E-state index contributed by atoms with van der Waals surface area (Å²) in [6.07, 6.45) is 0.346. The first kappa shape index (κ1) is 16.5. The number of benzene rings is 1. The fraction of sp³-hybridized carbons (Fsp3) is 0.500. The van der Waals surface area contributed by atoms with Crippen LogP contribution in [0.3, 0.4) is 0 Å². The molecule has 0 N–H and O–H groups in total. The first-order chi connectivity index (χ1) is 10.8. The van der Waals surface area contributed by atoms with E-state index in [0.29, 0.717) is 11.6 Å². The standard InChI is InChI=1S/C16H20N2O3S2/c1-4-15(19)17-16-18(12-6-5-10(2)7-11(12)3)13-8-23(20,21)9-14(13)22-16/h5-7,13-14H,4,8-9H2,1-3H3/t13-,14+/m1/s1. The van der Waals surface area contributed by atoms with E-state index in [9.17, 15) is 13.2 Å². The number of hydrogen-bond acceptors (Lipinski definition) is 4. The van der Waals surface area contributed by atoms with Gasteiger partial charge in [0.15, 0.2) is 15.0 Å². The molecule has 2 atom stereocenters. The summed E-state index contributed by atoms with van der Waals surface area (Å²) in [5, 5.41) is 0.581. The highest BCUT2D eigenvalue weighted by molar-refractivity contribution is 8.16. The first-order valence-corrected chi connectivity index (χ1v) is 10.4. The van der Waals surface area contributed by atoms with Gasteiger partial charge in [-0.3, -0.25) is 4.79 Å². The van der Waals surface area contributed by atoms with E-state index in [1.807, 2.05) is 30.9 Å². The molecule has 2 aliphatic rings. The highest BCUT2D eigenvalue weighted by Crippen LogP contribution is 2.42. The molecule has 2 saturated heterocycles. The minimum atomic E-state index is -3.03. The van der Waals surface area contributed by atoms with Crippen LogP contribution in [0.15, 0.2) is 23.2 Å². The minimum Gasteiger partial charge on any atom is -0.315 e. The second-order valence-electron chi connectivity index (χ2n) is 6.10. The Kier molecular flexibility index (Phi) is 4.27. The molecule has 7 heteroatoms. The fourth-order valence-electron chi connectivity index (χ4n) is 3.11. The lowest BCUT2D eigenvalue weighted by Gasteiger charge is -2.26. The monoisotopic (exact) mass is 352 g/mol. The van der Waals surface area contributed by atoms with Crippen molar-refractivity contribution in [3.63, 3.8) is 0 Å². The van der Waals surface area contributed by atoms with Gasteiger partial charge in [0, 0.05) is 17.4 Å². The Bertz CT molecular complexity index is 787. The number of aryl methyl sites for hydroxylation is 2. The van der Waals surface area contributed by atoms with Crippen molar-refractivity contribution in [2.45, 2.75) is 38.5 Å². The number of sulfone groups is 1. The average molecular weight is 352 g/mol. The Hall–Kier alpha value is -1.34. The van der Waals surface area contributed by atoms with E-state index in [-0.39, 0.29) is 28.7 Å². The van der Waals surface area contributed by atoms with Gasteiger partial charge in [-0.05, 0) is 25.5 Å². The van der Waals surface area contributed by atoms with Crippen molar-refractivity contribution in [2.75, 3.05) is 16.4 Å². The van der Waals surface area contributed by atoms with Gasteiger partial charge in [-0.1, -0.05) is 36.4 Å². The highest BCUT2D eigenvalue weighted by atomic mass is 32.2. The predicted molar refractivity (Wildman–Crippen MR) is 94.9 cm³/mol. The summed E-state index contributed by atoms with van der Waals surface area (Å²) in [7, 11) is -3.03. The van der Waals surface area contributed by atoms with E-state index < -0.39 is 9.84 Å². The Morgan fingerprint density at radius 2 is 2.09 bits per heavy atom. The van der Waals surface area contributed by atoms with Gasteiger partial charge >= 0.3 is 0 Å². The number of thioether (sulfide) groups is 1. The summed E-state index contributed by atoms with van der Waals surface area (Å²) in [4.78, 5) is 18.0. The molecule has 0 spiro atoms. The van der Waals surface area contributed by atoms with Crippen LogP contribution >= 0.6 is 11.8 Å². The molecule has 5 nitrogen and oxygen atoms in total. The van der Waals surface area contributed by atoms with Crippen LogP contribution in [0.5, 0.6) is 0 Å². The molecule has 2 aliphatic heterocycles. The summed E-state index contributed by atoms with van der Waals surface area (Å²) < 4.78 is 24.0. The van der Waals surface area contributed by atoms with Crippen molar-refractivity contribution in [1.82, 2.24) is 0 Å². The van der Waals surface area contributed by atoms with Crippen molar-refractivity contribution in [3.8, 4) is 0 Å². The van der Waals surface area contributed by atoms with Crippen LogP contribution < -0.4 is 4.90 Å². The highest BCUT2D eigenvalue weighted by Gasteiger charge is 2.49. The zero-order chi connectivity index (χ0) is 16.8. The van der Waals surface area contributed by atoms with E-state index in [1.54, 1.807) is 6.92 Å². The zero-order valence-corrected chi connectivity index (χ0v) is 15.1. The van der Waals surface area contributed by atoms with Crippen molar-refractivity contribution in [3.05, 3.63) is 29.3 Å². The van der Waals surface area contributed by atoms with Gasteiger partial charge < -0.3 is 4.90 Å². The van der Waals surface area contributed by atoms with Gasteiger partial charge in [-0.25, -0.2) is 8.42 Å². The Morgan fingerprint density at radius 1 is 1.35 bits per heavy atom.